The van der Waals surface area contributed by atoms with Gasteiger partial charge in [0.15, 0.2) is 5.16 Å². The molecule has 0 atom stereocenters. The average Bonchev–Trinajstić information content (AvgIpc) is 2.85. The van der Waals surface area contributed by atoms with E-state index in [1.807, 2.05) is 12.1 Å². The van der Waals surface area contributed by atoms with Crippen LogP contribution in [0.4, 0.5) is 0 Å². The summed E-state index contributed by atoms with van der Waals surface area (Å²) in [5.74, 6) is 0.629. The fourth-order valence-corrected chi connectivity index (χ4v) is 2.78. The summed E-state index contributed by atoms with van der Waals surface area (Å²) < 4.78 is 0. The summed E-state index contributed by atoms with van der Waals surface area (Å²) in [6.45, 7) is 6.17. The van der Waals surface area contributed by atoms with Crippen molar-refractivity contribution >= 4 is 23.4 Å². The lowest BCUT2D eigenvalue weighted by atomic mass is 10.2. The number of aromatic nitrogens is 3. The summed E-state index contributed by atoms with van der Waals surface area (Å²) in [7, 11) is 0. The van der Waals surface area contributed by atoms with E-state index < -0.39 is 0 Å². The van der Waals surface area contributed by atoms with Crippen LogP contribution in [0.2, 0.25) is 5.02 Å². The molecule has 0 aliphatic carbocycles. The van der Waals surface area contributed by atoms with E-state index in [2.05, 4.69) is 40.4 Å². The molecular weight excluding hydrogens is 280 g/mol. The van der Waals surface area contributed by atoms with Crippen LogP contribution in [0, 0.1) is 5.92 Å². The fourth-order valence-electron chi connectivity index (χ4n) is 1.64. The highest BCUT2D eigenvalue weighted by Gasteiger charge is 2.10. The van der Waals surface area contributed by atoms with Gasteiger partial charge in [0.25, 0.3) is 0 Å². The molecular formula is C13H17ClN4S. The molecule has 1 aromatic carbocycles. The zero-order valence-corrected chi connectivity index (χ0v) is 12.6. The van der Waals surface area contributed by atoms with E-state index in [9.17, 15) is 0 Å². The van der Waals surface area contributed by atoms with E-state index in [0.717, 1.165) is 28.2 Å². The molecule has 4 nitrogen and oxygen atoms in total. The van der Waals surface area contributed by atoms with Gasteiger partial charge in [-0.15, -0.1) is 0 Å². The normalized spacial score (nSPS) is 11.2. The first-order chi connectivity index (χ1) is 9.16. The van der Waals surface area contributed by atoms with Crippen LogP contribution in [0.3, 0.4) is 0 Å². The molecule has 0 saturated carbocycles. The van der Waals surface area contributed by atoms with Gasteiger partial charge in [-0.25, -0.2) is 4.98 Å². The van der Waals surface area contributed by atoms with E-state index in [-0.39, 0.29) is 0 Å². The van der Waals surface area contributed by atoms with Crippen LogP contribution in [0.1, 0.15) is 19.4 Å². The van der Waals surface area contributed by atoms with Crippen LogP contribution >= 0.6 is 23.4 Å². The Morgan fingerprint density at radius 1 is 1.42 bits per heavy atom. The molecule has 1 aromatic heterocycles. The number of aromatic amines is 1. The summed E-state index contributed by atoms with van der Waals surface area (Å²) in [6.07, 6.45) is 1.50. The van der Waals surface area contributed by atoms with Gasteiger partial charge in [0.1, 0.15) is 6.33 Å². The lowest BCUT2D eigenvalue weighted by molar-refractivity contribution is 0.550. The van der Waals surface area contributed by atoms with Gasteiger partial charge >= 0.3 is 0 Å². The molecule has 0 bridgehead atoms. The van der Waals surface area contributed by atoms with Crippen molar-refractivity contribution in [3.8, 4) is 0 Å². The molecule has 0 radical (unpaired) electrons. The molecule has 2 aromatic rings. The van der Waals surface area contributed by atoms with Gasteiger partial charge in [0, 0.05) is 11.4 Å². The Bertz CT molecular complexity index is 513. The lowest BCUT2D eigenvalue weighted by Gasteiger charge is -2.12. The third-order valence-corrected chi connectivity index (χ3v) is 4.01. The van der Waals surface area contributed by atoms with Crippen LogP contribution in [-0.2, 0) is 6.54 Å². The van der Waals surface area contributed by atoms with Crippen LogP contribution in [-0.4, -0.2) is 21.7 Å². The second-order valence-corrected chi connectivity index (χ2v) is 6.05. The average molecular weight is 297 g/mol. The number of hydrogen-bond donors (Lipinski definition) is 2. The summed E-state index contributed by atoms with van der Waals surface area (Å²) in [6, 6.07) is 5.95. The van der Waals surface area contributed by atoms with E-state index in [1.165, 1.54) is 23.7 Å². The number of benzene rings is 1. The molecule has 1 heterocycles. The predicted octanol–water partition coefficient (Wildman–Crippen LogP) is 3.35. The van der Waals surface area contributed by atoms with Crippen molar-refractivity contribution in [2.45, 2.75) is 30.4 Å². The zero-order valence-electron chi connectivity index (χ0n) is 11.0. The molecule has 0 amide bonds. The van der Waals surface area contributed by atoms with E-state index >= 15 is 0 Å². The fraction of sp³-hybridized carbons (Fsp3) is 0.385. The van der Waals surface area contributed by atoms with Crippen molar-refractivity contribution in [3.63, 3.8) is 0 Å². The first-order valence-corrected chi connectivity index (χ1v) is 7.37. The van der Waals surface area contributed by atoms with E-state index in [4.69, 9.17) is 11.6 Å². The van der Waals surface area contributed by atoms with Crippen molar-refractivity contribution in [2.75, 3.05) is 6.54 Å². The van der Waals surface area contributed by atoms with Crippen molar-refractivity contribution in [2.24, 2.45) is 5.92 Å². The van der Waals surface area contributed by atoms with Gasteiger partial charge in [-0.1, -0.05) is 37.6 Å². The van der Waals surface area contributed by atoms with Crippen molar-refractivity contribution in [1.82, 2.24) is 20.5 Å². The molecule has 0 spiro atoms. The van der Waals surface area contributed by atoms with Crippen LogP contribution in [0.15, 0.2) is 34.6 Å². The minimum atomic E-state index is 0.629. The standard InChI is InChI=1S/C13H17ClN4S/c1-9(2)6-15-7-10-4-3-5-11(14)12(10)19-13-16-8-17-18-13/h3-5,8-9,15H,6-7H2,1-2H3,(H,16,17,18). The van der Waals surface area contributed by atoms with Crippen molar-refractivity contribution in [3.05, 3.63) is 35.1 Å². The zero-order chi connectivity index (χ0) is 13.7. The van der Waals surface area contributed by atoms with Gasteiger partial charge in [-0.3, -0.25) is 5.10 Å². The first-order valence-electron chi connectivity index (χ1n) is 6.18. The summed E-state index contributed by atoms with van der Waals surface area (Å²) in [4.78, 5) is 5.14. The van der Waals surface area contributed by atoms with Crippen LogP contribution in [0.25, 0.3) is 0 Å². The van der Waals surface area contributed by atoms with Crippen molar-refractivity contribution < 1.29 is 0 Å². The Morgan fingerprint density at radius 2 is 2.26 bits per heavy atom. The number of nitrogens with zero attached hydrogens (tertiary/aromatic N) is 2. The van der Waals surface area contributed by atoms with Crippen LogP contribution < -0.4 is 5.32 Å². The SMILES string of the molecule is CC(C)CNCc1cccc(Cl)c1Sc1ncn[nH]1. The highest BCUT2D eigenvalue weighted by molar-refractivity contribution is 7.99. The Kier molecular flexibility index (Phi) is 5.24. The van der Waals surface area contributed by atoms with Gasteiger partial charge < -0.3 is 5.32 Å². The quantitative estimate of drug-likeness (QED) is 0.858. The molecule has 19 heavy (non-hydrogen) atoms. The lowest BCUT2D eigenvalue weighted by Crippen LogP contribution is -2.19. The highest BCUT2D eigenvalue weighted by atomic mass is 35.5. The molecule has 0 aliphatic heterocycles. The molecule has 2 N–H and O–H groups in total. The predicted molar refractivity (Wildman–Crippen MR) is 78.5 cm³/mol. The maximum absolute atomic E-state index is 6.28. The number of H-pyrrole nitrogens is 1. The molecule has 0 aliphatic rings. The monoisotopic (exact) mass is 296 g/mol. The number of hydrogen-bond acceptors (Lipinski definition) is 4. The number of rotatable bonds is 6. The Balaban J connectivity index is 2.11. The first kappa shape index (κ1) is 14.4. The second kappa shape index (κ2) is 6.93. The summed E-state index contributed by atoms with van der Waals surface area (Å²) in [5, 5.41) is 11.6. The van der Waals surface area contributed by atoms with Gasteiger partial charge in [0.05, 0.1) is 5.02 Å². The molecule has 2 rings (SSSR count). The van der Waals surface area contributed by atoms with Gasteiger partial charge in [-0.05, 0) is 35.9 Å². The van der Waals surface area contributed by atoms with Gasteiger partial charge in [-0.2, -0.15) is 5.10 Å². The Morgan fingerprint density at radius 3 is 2.95 bits per heavy atom. The maximum atomic E-state index is 6.28. The summed E-state index contributed by atoms with van der Waals surface area (Å²) >= 11 is 7.78. The second-order valence-electron chi connectivity index (χ2n) is 4.65. The third kappa shape index (κ3) is 4.23. The Hall–Kier alpha value is -1.04. The van der Waals surface area contributed by atoms with E-state index in [1.54, 1.807) is 0 Å². The van der Waals surface area contributed by atoms with Crippen LogP contribution in [0.5, 0.6) is 0 Å². The molecule has 6 heteroatoms. The molecule has 0 fully saturated rings. The number of nitrogens with one attached hydrogen (secondary N) is 2. The van der Waals surface area contributed by atoms with Crippen molar-refractivity contribution in [1.29, 1.82) is 0 Å². The largest absolute Gasteiger partial charge is 0.312 e. The van der Waals surface area contributed by atoms with Gasteiger partial charge in [0.2, 0.25) is 0 Å². The molecule has 102 valence electrons. The number of halogens is 1. The van der Waals surface area contributed by atoms with E-state index in [0.29, 0.717) is 5.92 Å². The minimum Gasteiger partial charge on any atom is -0.312 e. The maximum Gasteiger partial charge on any atom is 0.188 e. The topological polar surface area (TPSA) is 53.6 Å². The molecule has 0 unspecified atom stereocenters. The Labute approximate surface area is 122 Å². The smallest absolute Gasteiger partial charge is 0.188 e. The highest BCUT2D eigenvalue weighted by Crippen LogP contribution is 2.34. The molecule has 0 saturated heterocycles. The summed E-state index contributed by atoms with van der Waals surface area (Å²) in [5.41, 5.74) is 1.18. The third-order valence-electron chi connectivity index (χ3n) is 2.51. The minimum absolute atomic E-state index is 0.629.